The third-order valence-electron chi connectivity index (χ3n) is 4.82. The number of rotatable bonds is 8. The molecule has 0 heterocycles. The van der Waals surface area contributed by atoms with Crippen molar-refractivity contribution >= 4 is 11.9 Å². The Hall–Kier alpha value is -3.22. The highest BCUT2D eigenvalue weighted by Gasteiger charge is 2.22. The molecule has 7 heteroatoms. The Balaban J connectivity index is 1.66. The van der Waals surface area contributed by atoms with E-state index in [-0.39, 0.29) is 24.2 Å². The maximum Gasteiger partial charge on any atom is 0.387 e. The Bertz CT molecular complexity index is 869. The zero-order valence-corrected chi connectivity index (χ0v) is 16.3. The molecular formula is C23H23F2NO4. The van der Waals surface area contributed by atoms with Gasteiger partial charge < -0.3 is 14.8 Å². The SMILES string of the molecule is O=C(COC(=O)[C@@H]1CC=CCC1)N[C@H](c1ccccc1)c1ccc(OC(F)F)cc1. The molecule has 3 rings (SSSR count). The van der Waals surface area contributed by atoms with Gasteiger partial charge in [0.25, 0.3) is 5.91 Å². The fourth-order valence-electron chi connectivity index (χ4n) is 3.31. The number of halogens is 2. The number of hydrogen-bond acceptors (Lipinski definition) is 4. The van der Waals surface area contributed by atoms with E-state index in [1.807, 2.05) is 42.5 Å². The van der Waals surface area contributed by atoms with E-state index in [9.17, 15) is 18.4 Å². The molecule has 1 aliphatic carbocycles. The predicted molar refractivity (Wildman–Crippen MR) is 107 cm³/mol. The van der Waals surface area contributed by atoms with E-state index in [0.29, 0.717) is 12.0 Å². The third kappa shape index (κ3) is 6.14. The van der Waals surface area contributed by atoms with E-state index in [1.165, 1.54) is 12.1 Å². The molecule has 0 unspecified atom stereocenters. The Morgan fingerprint density at radius 2 is 1.70 bits per heavy atom. The van der Waals surface area contributed by atoms with Crippen molar-refractivity contribution in [1.82, 2.24) is 5.32 Å². The highest BCUT2D eigenvalue weighted by atomic mass is 19.3. The van der Waals surface area contributed by atoms with E-state index in [4.69, 9.17) is 4.74 Å². The molecule has 30 heavy (non-hydrogen) atoms. The van der Waals surface area contributed by atoms with Gasteiger partial charge in [-0.3, -0.25) is 9.59 Å². The standard InChI is InChI=1S/C23H23F2NO4/c24-23(25)30-19-13-11-17(12-14-19)21(16-7-3-1-4-8-16)26-20(27)15-29-22(28)18-9-5-2-6-10-18/h1-5,7-8,11-14,18,21,23H,6,9-10,15H2,(H,26,27)/t18-,21-/m1/s1. The minimum Gasteiger partial charge on any atom is -0.455 e. The molecule has 2 aromatic carbocycles. The monoisotopic (exact) mass is 415 g/mol. The molecule has 0 bridgehead atoms. The molecule has 1 aliphatic rings. The second kappa shape index (κ2) is 10.5. The topological polar surface area (TPSA) is 64.6 Å². The van der Waals surface area contributed by atoms with Gasteiger partial charge in [-0.2, -0.15) is 8.78 Å². The zero-order chi connectivity index (χ0) is 21.3. The van der Waals surface area contributed by atoms with Crippen molar-refractivity contribution in [2.75, 3.05) is 6.61 Å². The smallest absolute Gasteiger partial charge is 0.387 e. The van der Waals surface area contributed by atoms with Crippen LogP contribution in [0.5, 0.6) is 5.75 Å². The summed E-state index contributed by atoms with van der Waals surface area (Å²) in [6.45, 7) is -3.29. The lowest BCUT2D eigenvalue weighted by Gasteiger charge is -2.21. The van der Waals surface area contributed by atoms with Gasteiger partial charge in [0.2, 0.25) is 0 Å². The molecule has 158 valence electrons. The van der Waals surface area contributed by atoms with E-state index >= 15 is 0 Å². The Labute approximate surface area is 173 Å². The van der Waals surface area contributed by atoms with Crippen LogP contribution in [0.1, 0.15) is 36.4 Å². The summed E-state index contributed by atoms with van der Waals surface area (Å²) in [6, 6.07) is 14.7. The van der Waals surface area contributed by atoms with Crippen molar-refractivity contribution in [3.05, 3.63) is 77.9 Å². The molecule has 0 fully saturated rings. The van der Waals surface area contributed by atoms with Crippen LogP contribution in [0.15, 0.2) is 66.7 Å². The van der Waals surface area contributed by atoms with E-state index in [0.717, 1.165) is 18.4 Å². The van der Waals surface area contributed by atoms with Gasteiger partial charge >= 0.3 is 12.6 Å². The number of ether oxygens (including phenoxy) is 2. The summed E-state index contributed by atoms with van der Waals surface area (Å²) in [6.07, 6.45) is 6.14. The second-order valence-corrected chi connectivity index (χ2v) is 6.95. The summed E-state index contributed by atoms with van der Waals surface area (Å²) in [7, 11) is 0. The van der Waals surface area contributed by atoms with Crippen LogP contribution < -0.4 is 10.1 Å². The Morgan fingerprint density at radius 1 is 1.00 bits per heavy atom. The average molecular weight is 415 g/mol. The molecule has 0 spiro atoms. The molecule has 0 radical (unpaired) electrons. The minimum absolute atomic E-state index is 0.0300. The molecule has 1 N–H and O–H groups in total. The molecule has 1 amide bonds. The van der Waals surface area contributed by atoms with E-state index < -0.39 is 18.6 Å². The average Bonchev–Trinajstić information content (AvgIpc) is 2.77. The van der Waals surface area contributed by atoms with Crippen LogP contribution in [0, 0.1) is 5.92 Å². The number of nitrogens with one attached hydrogen (secondary N) is 1. The summed E-state index contributed by atoms with van der Waals surface area (Å²) in [5, 5.41) is 2.85. The van der Waals surface area contributed by atoms with Crippen LogP contribution in [0.25, 0.3) is 0 Å². The first-order valence-corrected chi connectivity index (χ1v) is 9.73. The molecule has 0 saturated carbocycles. The van der Waals surface area contributed by atoms with Gasteiger partial charge in [-0.15, -0.1) is 0 Å². The fraction of sp³-hybridized carbons (Fsp3) is 0.304. The van der Waals surface area contributed by atoms with Gasteiger partial charge in [-0.05, 0) is 42.5 Å². The summed E-state index contributed by atoms with van der Waals surface area (Å²) in [4.78, 5) is 24.6. The summed E-state index contributed by atoms with van der Waals surface area (Å²) in [5.41, 5.74) is 1.48. The predicted octanol–water partition coefficient (Wildman–Crippen LogP) is 4.39. The minimum atomic E-state index is -2.91. The molecule has 2 aromatic rings. The van der Waals surface area contributed by atoms with Gasteiger partial charge in [-0.25, -0.2) is 0 Å². The molecule has 0 saturated heterocycles. The lowest BCUT2D eigenvalue weighted by Crippen LogP contribution is -2.34. The van der Waals surface area contributed by atoms with Crippen molar-refractivity contribution in [2.24, 2.45) is 5.92 Å². The highest BCUT2D eigenvalue weighted by Crippen LogP contribution is 2.25. The summed E-state index contributed by atoms with van der Waals surface area (Å²) in [5.74, 6) is -1.01. The van der Waals surface area contributed by atoms with E-state index in [2.05, 4.69) is 10.1 Å². The molecular weight excluding hydrogens is 392 g/mol. The molecule has 0 aromatic heterocycles. The molecule has 2 atom stereocenters. The lowest BCUT2D eigenvalue weighted by molar-refractivity contribution is -0.153. The molecule has 5 nitrogen and oxygen atoms in total. The van der Waals surface area contributed by atoms with Crippen molar-refractivity contribution < 1.29 is 27.8 Å². The van der Waals surface area contributed by atoms with Gasteiger partial charge in [-0.1, -0.05) is 54.6 Å². The number of carbonyl (C=O) groups excluding carboxylic acids is 2. The largest absolute Gasteiger partial charge is 0.455 e. The van der Waals surface area contributed by atoms with Crippen LogP contribution >= 0.6 is 0 Å². The summed E-state index contributed by atoms with van der Waals surface area (Å²) < 4.78 is 34.3. The van der Waals surface area contributed by atoms with E-state index in [1.54, 1.807) is 12.1 Å². The number of amides is 1. The first-order chi connectivity index (χ1) is 14.5. The Morgan fingerprint density at radius 3 is 2.33 bits per heavy atom. The Kier molecular flexibility index (Phi) is 7.54. The number of carbonyl (C=O) groups is 2. The number of esters is 1. The summed E-state index contributed by atoms with van der Waals surface area (Å²) >= 11 is 0. The van der Waals surface area contributed by atoms with Crippen molar-refractivity contribution in [3.63, 3.8) is 0 Å². The van der Waals surface area contributed by atoms with Crippen molar-refractivity contribution in [3.8, 4) is 5.75 Å². The quantitative estimate of drug-likeness (QED) is 0.513. The van der Waals surface area contributed by atoms with Gasteiger partial charge in [0, 0.05) is 0 Å². The van der Waals surface area contributed by atoms with Crippen molar-refractivity contribution in [2.45, 2.75) is 31.9 Å². The normalized spacial score (nSPS) is 16.7. The maximum atomic E-state index is 12.5. The van der Waals surface area contributed by atoms with Crippen LogP contribution in [0.2, 0.25) is 0 Å². The lowest BCUT2D eigenvalue weighted by atomic mass is 9.95. The number of hydrogen-bond donors (Lipinski definition) is 1. The number of alkyl halides is 2. The number of benzene rings is 2. The maximum absolute atomic E-state index is 12.5. The van der Waals surface area contributed by atoms with Crippen LogP contribution in [0.4, 0.5) is 8.78 Å². The highest BCUT2D eigenvalue weighted by molar-refractivity contribution is 5.82. The first-order valence-electron chi connectivity index (χ1n) is 9.73. The van der Waals surface area contributed by atoms with Crippen LogP contribution in [0.3, 0.4) is 0 Å². The molecule has 0 aliphatic heterocycles. The van der Waals surface area contributed by atoms with Crippen LogP contribution in [-0.2, 0) is 14.3 Å². The van der Waals surface area contributed by atoms with Gasteiger partial charge in [0.15, 0.2) is 6.61 Å². The van der Waals surface area contributed by atoms with Gasteiger partial charge in [0.05, 0.1) is 12.0 Å². The zero-order valence-electron chi connectivity index (χ0n) is 16.3. The second-order valence-electron chi connectivity index (χ2n) is 6.95. The van der Waals surface area contributed by atoms with Crippen molar-refractivity contribution in [1.29, 1.82) is 0 Å². The number of allylic oxidation sites excluding steroid dienone is 2. The fourth-order valence-corrected chi connectivity index (χ4v) is 3.31. The third-order valence-corrected chi connectivity index (χ3v) is 4.82. The van der Waals surface area contributed by atoms with Crippen LogP contribution in [-0.4, -0.2) is 25.1 Å². The first kappa shape index (κ1) is 21.5. The van der Waals surface area contributed by atoms with Gasteiger partial charge in [0.1, 0.15) is 5.75 Å².